The van der Waals surface area contributed by atoms with Crippen molar-refractivity contribution in [1.29, 1.82) is 0 Å². The number of urea groups is 1. The number of carbonyl (C=O) groups excluding carboxylic acids is 3. The molecule has 1 aromatic rings. The molecule has 0 unspecified atom stereocenters. The number of benzene rings is 1. The van der Waals surface area contributed by atoms with Gasteiger partial charge in [-0.2, -0.15) is 0 Å². The standard InChI is InChI=1S/C23H33N3O4/c1-3-24-23(29)26-12-6-9-20(16-26)18-7-5-8-19(15-18)21(27)25-13-10-17(11-14-25)22(28)30-4-2/h5,7-8,15,17,20H,3-4,6,9-14,16H2,1-2H3,(H,24,29)/t20-/m1/s1. The molecule has 3 rings (SSSR count). The van der Waals surface area contributed by atoms with Gasteiger partial charge in [-0.15, -0.1) is 0 Å². The highest BCUT2D eigenvalue weighted by Gasteiger charge is 2.29. The minimum atomic E-state index is -0.152. The number of ether oxygens (including phenoxy) is 1. The predicted octanol–water partition coefficient (Wildman–Crippen LogP) is 3.01. The summed E-state index contributed by atoms with van der Waals surface area (Å²) >= 11 is 0. The van der Waals surface area contributed by atoms with Crippen LogP contribution < -0.4 is 5.32 Å². The number of carbonyl (C=O) groups is 3. The van der Waals surface area contributed by atoms with Gasteiger partial charge in [-0.1, -0.05) is 12.1 Å². The minimum absolute atomic E-state index is 0.00977. The highest BCUT2D eigenvalue weighted by molar-refractivity contribution is 5.94. The Balaban J connectivity index is 1.62. The maximum atomic E-state index is 13.0. The molecule has 2 aliphatic rings. The summed E-state index contributed by atoms with van der Waals surface area (Å²) in [5, 5.41) is 2.87. The lowest BCUT2D eigenvalue weighted by atomic mass is 9.89. The average Bonchev–Trinajstić information content (AvgIpc) is 2.79. The van der Waals surface area contributed by atoms with E-state index in [2.05, 4.69) is 11.4 Å². The van der Waals surface area contributed by atoms with E-state index in [1.165, 1.54) is 0 Å². The van der Waals surface area contributed by atoms with Crippen LogP contribution in [-0.2, 0) is 9.53 Å². The molecule has 30 heavy (non-hydrogen) atoms. The zero-order valence-electron chi connectivity index (χ0n) is 18.1. The molecule has 3 amide bonds. The Morgan fingerprint density at radius 3 is 2.53 bits per heavy atom. The van der Waals surface area contributed by atoms with E-state index >= 15 is 0 Å². The summed E-state index contributed by atoms with van der Waals surface area (Å²) in [6.45, 7) is 7.34. The third-order valence-electron chi connectivity index (χ3n) is 6.04. The van der Waals surface area contributed by atoms with Crippen LogP contribution >= 0.6 is 0 Å². The number of esters is 1. The van der Waals surface area contributed by atoms with E-state index in [1.807, 2.05) is 41.8 Å². The second kappa shape index (κ2) is 10.5. The van der Waals surface area contributed by atoms with Gasteiger partial charge in [0.1, 0.15) is 0 Å². The molecule has 1 N–H and O–H groups in total. The number of piperidine rings is 2. The molecule has 2 fully saturated rings. The van der Waals surface area contributed by atoms with Crippen LogP contribution in [0.25, 0.3) is 0 Å². The molecule has 0 spiro atoms. The van der Waals surface area contributed by atoms with Crippen LogP contribution in [0.5, 0.6) is 0 Å². The number of likely N-dealkylation sites (tertiary alicyclic amines) is 2. The summed E-state index contributed by atoms with van der Waals surface area (Å²) < 4.78 is 5.11. The molecule has 0 radical (unpaired) electrons. The largest absolute Gasteiger partial charge is 0.466 e. The topological polar surface area (TPSA) is 79.0 Å². The van der Waals surface area contributed by atoms with Gasteiger partial charge in [-0.3, -0.25) is 9.59 Å². The van der Waals surface area contributed by atoms with E-state index in [0.717, 1.165) is 24.9 Å². The van der Waals surface area contributed by atoms with Crippen molar-refractivity contribution in [2.75, 3.05) is 39.3 Å². The van der Waals surface area contributed by atoms with Crippen LogP contribution in [0.4, 0.5) is 4.79 Å². The van der Waals surface area contributed by atoms with E-state index < -0.39 is 0 Å². The van der Waals surface area contributed by atoms with Crippen molar-refractivity contribution >= 4 is 17.9 Å². The van der Waals surface area contributed by atoms with E-state index in [-0.39, 0.29) is 29.7 Å². The molecule has 2 saturated heterocycles. The molecule has 2 heterocycles. The van der Waals surface area contributed by atoms with Gasteiger partial charge < -0.3 is 19.9 Å². The quantitative estimate of drug-likeness (QED) is 0.750. The third-order valence-corrected chi connectivity index (χ3v) is 6.04. The number of hydrogen-bond acceptors (Lipinski definition) is 4. The molecule has 164 valence electrons. The van der Waals surface area contributed by atoms with Crippen LogP contribution in [0.1, 0.15) is 61.4 Å². The van der Waals surface area contributed by atoms with Crippen LogP contribution in [0.2, 0.25) is 0 Å². The molecule has 0 aliphatic carbocycles. The Morgan fingerprint density at radius 1 is 1.07 bits per heavy atom. The van der Waals surface area contributed by atoms with E-state index in [4.69, 9.17) is 4.74 Å². The number of nitrogens with zero attached hydrogens (tertiary/aromatic N) is 2. The third kappa shape index (κ3) is 5.32. The second-order valence-corrected chi connectivity index (χ2v) is 8.06. The zero-order valence-corrected chi connectivity index (χ0v) is 18.1. The Kier molecular flexibility index (Phi) is 7.71. The van der Waals surface area contributed by atoms with Gasteiger partial charge in [0.05, 0.1) is 12.5 Å². The lowest BCUT2D eigenvalue weighted by Gasteiger charge is -2.33. The molecular formula is C23H33N3O4. The van der Waals surface area contributed by atoms with Crippen molar-refractivity contribution in [3.8, 4) is 0 Å². The summed E-state index contributed by atoms with van der Waals surface area (Å²) in [5.41, 5.74) is 1.79. The Labute approximate surface area is 178 Å². The molecular weight excluding hydrogens is 382 g/mol. The molecule has 1 aromatic carbocycles. The molecule has 0 aromatic heterocycles. The summed E-state index contributed by atoms with van der Waals surface area (Å²) in [7, 11) is 0. The van der Waals surface area contributed by atoms with Crippen LogP contribution in [-0.4, -0.2) is 67.0 Å². The minimum Gasteiger partial charge on any atom is -0.466 e. The van der Waals surface area contributed by atoms with Crippen molar-refractivity contribution in [2.24, 2.45) is 5.92 Å². The Bertz CT molecular complexity index is 759. The lowest BCUT2D eigenvalue weighted by molar-refractivity contribution is -0.149. The molecule has 0 saturated carbocycles. The SMILES string of the molecule is CCNC(=O)N1CCC[C@@H](c2cccc(C(=O)N3CCC(C(=O)OCC)CC3)c2)C1. The zero-order chi connectivity index (χ0) is 21.5. The summed E-state index contributed by atoms with van der Waals surface area (Å²) in [5.74, 6) is -0.0115. The van der Waals surface area contributed by atoms with Gasteiger partial charge in [0.25, 0.3) is 5.91 Å². The average molecular weight is 416 g/mol. The van der Waals surface area contributed by atoms with Crippen molar-refractivity contribution < 1.29 is 19.1 Å². The normalized spacial score (nSPS) is 20.0. The van der Waals surface area contributed by atoms with Crippen molar-refractivity contribution in [2.45, 2.75) is 45.4 Å². The number of hydrogen-bond donors (Lipinski definition) is 1. The lowest BCUT2D eigenvalue weighted by Crippen LogP contribution is -2.44. The summed E-state index contributed by atoms with van der Waals surface area (Å²) in [4.78, 5) is 40.8. The van der Waals surface area contributed by atoms with Crippen LogP contribution in [0.3, 0.4) is 0 Å². The van der Waals surface area contributed by atoms with Gasteiger partial charge in [-0.05, 0) is 57.2 Å². The predicted molar refractivity (Wildman–Crippen MR) is 114 cm³/mol. The Hall–Kier alpha value is -2.57. The smallest absolute Gasteiger partial charge is 0.317 e. The highest BCUT2D eigenvalue weighted by atomic mass is 16.5. The first-order valence-corrected chi connectivity index (χ1v) is 11.1. The first-order chi connectivity index (χ1) is 14.5. The van der Waals surface area contributed by atoms with E-state index in [1.54, 1.807) is 0 Å². The van der Waals surface area contributed by atoms with Crippen LogP contribution in [0.15, 0.2) is 24.3 Å². The first-order valence-electron chi connectivity index (χ1n) is 11.1. The Morgan fingerprint density at radius 2 is 1.83 bits per heavy atom. The molecule has 2 aliphatic heterocycles. The first kappa shape index (κ1) is 22.1. The summed E-state index contributed by atoms with van der Waals surface area (Å²) in [6, 6.07) is 7.80. The highest BCUT2D eigenvalue weighted by Crippen LogP contribution is 2.28. The molecule has 7 heteroatoms. The fourth-order valence-electron chi connectivity index (χ4n) is 4.38. The number of rotatable bonds is 5. The van der Waals surface area contributed by atoms with Gasteiger partial charge in [0.2, 0.25) is 0 Å². The number of nitrogens with one attached hydrogen (secondary N) is 1. The maximum absolute atomic E-state index is 13.0. The van der Waals surface area contributed by atoms with E-state index in [9.17, 15) is 14.4 Å². The van der Waals surface area contributed by atoms with Crippen molar-refractivity contribution in [3.63, 3.8) is 0 Å². The van der Waals surface area contributed by atoms with Gasteiger partial charge in [-0.25, -0.2) is 4.79 Å². The fourth-order valence-corrected chi connectivity index (χ4v) is 4.38. The van der Waals surface area contributed by atoms with E-state index in [0.29, 0.717) is 51.2 Å². The number of amides is 3. The van der Waals surface area contributed by atoms with Gasteiger partial charge >= 0.3 is 12.0 Å². The van der Waals surface area contributed by atoms with Crippen molar-refractivity contribution in [1.82, 2.24) is 15.1 Å². The molecule has 7 nitrogen and oxygen atoms in total. The van der Waals surface area contributed by atoms with Crippen LogP contribution in [0, 0.1) is 5.92 Å². The monoisotopic (exact) mass is 415 g/mol. The second-order valence-electron chi connectivity index (χ2n) is 8.06. The summed E-state index contributed by atoms with van der Waals surface area (Å²) in [6.07, 6.45) is 3.27. The van der Waals surface area contributed by atoms with Gasteiger partial charge in [0.15, 0.2) is 0 Å². The van der Waals surface area contributed by atoms with Crippen molar-refractivity contribution in [3.05, 3.63) is 35.4 Å². The molecule has 0 bridgehead atoms. The van der Waals surface area contributed by atoms with Gasteiger partial charge in [0, 0.05) is 44.2 Å². The maximum Gasteiger partial charge on any atom is 0.317 e. The molecule has 1 atom stereocenters. The fraction of sp³-hybridized carbons (Fsp3) is 0.609.